The molecule has 1 heterocycles. The molecule has 0 aliphatic carbocycles. The Labute approximate surface area is 83.3 Å². The van der Waals surface area contributed by atoms with Gasteiger partial charge < -0.3 is 10.4 Å². The Morgan fingerprint density at radius 3 is 2.77 bits per heavy atom. The van der Waals surface area contributed by atoms with Crippen LogP contribution >= 0.6 is 11.8 Å². The highest BCUT2D eigenvalue weighted by Crippen LogP contribution is 2.16. The first-order valence-electron chi connectivity index (χ1n) is 4.74. The van der Waals surface area contributed by atoms with Crippen LogP contribution in [0, 0.1) is 5.92 Å². The smallest absolute Gasteiger partial charge is 0.307 e. The molecule has 4 heteroatoms. The van der Waals surface area contributed by atoms with Gasteiger partial charge in [0.1, 0.15) is 0 Å². The molecule has 1 rings (SSSR count). The van der Waals surface area contributed by atoms with E-state index in [-0.39, 0.29) is 5.92 Å². The average molecular weight is 203 g/mol. The lowest BCUT2D eigenvalue weighted by Gasteiger charge is -2.23. The third kappa shape index (κ3) is 4.00. The minimum atomic E-state index is -0.710. The molecule has 1 saturated heterocycles. The number of hydrogen-bond donors (Lipinski definition) is 2. The van der Waals surface area contributed by atoms with Crippen LogP contribution in [-0.4, -0.2) is 35.2 Å². The quantitative estimate of drug-likeness (QED) is 0.720. The summed E-state index contributed by atoms with van der Waals surface area (Å²) in [6.07, 6.45) is 2.36. The van der Waals surface area contributed by atoms with Crippen LogP contribution in [0.25, 0.3) is 0 Å². The zero-order valence-corrected chi connectivity index (χ0v) is 8.77. The second-order valence-electron chi connectivity index (χ2n) is 3.53. The standard InChI is InChI=1S/C9H17NO2S/c1-7(9(11)12)6-10-8-2-4-13-5-3-8/h7-8,10H,2-6H2,1H3,(H,11,12). The molecule has 0 aromatic rings. The van der Waals surface area contributed by atoms with Crippen LogP contribution in [0.15, 0.2) is 0 Å². The molecular weight excluding hydrogens is 186 g/mol. The summed E-state index contributed by atoms with van der Waals surface area (Å²) < 4.78 is 0. The summed E-state index contributed by atoms with van der Waals surface area (Å²) in [6.45, 7) is 2.34. The lowest BCUT2D eigenvalue weighted by molar-refractivity contribution is -0.140. The van der Waals surface area contributed by atoms with E-state index in [9.17, 15) is 4.79 Å². The van der Waals surface area contributed by atoms with Gasteiger partial charge in [0.2, 0.25) is 0 Å². The molecule has 0 amide bonds. The van der Waals surface area contributed by atoms with Crippen molar-refractivity contribution in [2.24, 2.45) is 5.92 Å². The Bertz CT molecular complexity index is 169. The van der Waals surface area contributed by atoms with Crippen molar-refractivity contribution in [1.29, 1.82) is 0 Å². The lowest BCUT2D eigenvalue weighted by atomic mass is 10.1. The first kappa shape index (κ1) is 10.9. The zero-order valence-electron chi connectivity index (χ0n) is 7.95. The van der Waals surface area contributed by atoms with Gasteiger partial charge in [-0.3, -0.25) is 4.79 Å². The molecule has 3 nitrogen and oxygen atoms in total. The van der Waals surface area contributed by atoms with Gasteiger partial charge >= 0.3 is 5.97 Å². The van der Waals surface area contributed by atoms with E-state index in [1.165, 1.54) is 24.3 Å². The van der Waals surface area contributed by atoms with Gasteiger partial charge in [0.25, 0.3) is 0 Å². The number of carboxylic acid groups (broad SMARTS) is 1. The van der Waals surface area contributed by atoms with Gasteiger partial charge in [-0.25, -0.2) is 0 Å². The molecule has 0 aromatic carbocycles. The Kier molecular flexibility index (Phi) is 4.59. The van der Waals surface area contributed by atoms with Crippen molar-refractivity contribution in [3.63, 3.8) is 0 Å². The summed E-state index contributed by atoms with van der Waals surface area (Å²) in [6, 6.07) is 0.544. The van der Waals surface area contributed by atoms with Crippen molar-refractivity contribution in [2.45, 2.75) is 25.8 Å². The molecule has 0 radical (unpaired) electrons. The third-order valence-electron chi connectivity index (χ3n) is 2.36. The second-order valence-corrected chi connectivity index (χ2v) is 4.76. The Morgan fingerprint density at radius 2 is 2.23 bits per heavy atom. The summed E-state index contributed by atoms with van der Waals surface area (Å²) in [5.74, 6) is 1.44. The SMILES string of the molecule is CC(CNC1CCSCC1)C(=O)O. The van der Waals surface area contributed by atoms with Crippen molar-refractivity contribution >= 4 is 17.7 Å². The number of nitrogens with one attached hydrogen (secondary N) is 1. The summed E-state index contributed by atoms with van der Waals surface area (Å²) in [4.78, 5) is 10.5. The maximum absolute atomic E-state index is 10.5. The average Bonchev–Trinajstić information content (AvgIpc) is 2.15. The summed E-state index contributed by atoms with van der Waals surface area (Å²) in [5, 5.41) is 12.0. The van der Waals surface area contributed by atoms with Gasteiger partial charge in [0, 0.05) is 12.6 Å². The van der Waals surface area contributed by atoms with Crippen LogP contribution in [0.2, 0.25) is 0 Å². The predicted octanol–water partition coefficient (Wildman–Crippen LogP) is 1.19. The van der Waals surface area contributed by atoms with Gasteiger partial charge in [0.05, 0.1) is 5.92 Å². The Hall–Kier alpha value is -0.220. The zero-order chi connectivity index (χ0) is 9.68. The van der Waals surface area contributed by atoms with Crippen LogP contribution in [0.3, 0.4) is 0 Å². The van der Waals surface area contributed by atoms with E-state index in [4.69, 9.17) is 5.11 Å². The van der Waals surface area contributed by atoms with Gasteiger partial charge in [-0.05, 0) is 24.3 Å². The van der Waals surface area contributed by atoms with Crippen molar-refractivity contribution in [3.05, 3.63) is 0 Å². The number of rotatable bonds is 4. The first-order chi connectivity index (χ1) is 6.20. The highest BCUT2D eigenvalue weighted by atomic mass is 32.2. The summed E-state index contributed by atoms with van der Waals surface area (Å²) in [7, 11) is 0. The topological polar surface area (TPSA) is 49.3 Å². The maximum Gasteiger partial charge on any atom is 0.307 e. The monoisotopic (exact) mass is 203 g/mol. The minimum absolute atomic E-state index is 0.269. The largest absolute Gasteiger partial charge is 0.481 e. The van der Waals surface area contributed by atoms with Crippen molar-refractivity contribution in [2.75, 3.05) is 18.1 Å². The summed E-state index contributed by atoms with van der Waals surface area (Å²) >= 11 is 1.98. The molecule has 1 atom stereocenters. The van der Waals surface area contributed by atoms with Crippen LogP contribution < -0.4 is 5.32 Å². The third-order valence-corrected chi connectivity index (χ3v) is 3.40. The van der Waals surface area contributed by atoms with Crippen molar-refractivity contribution in [1.82, 2.24) is 5.32 Å². The molecule has 0 spiro atoms. The van der Waals surface area contributed by atoms with E-state index in [2.05, 4.69) is 5.32 Å². The highest BCUT2D eigenvalue weighted by Gasteiger charge is 2.16. The first-order valence-corrected chi connectivity index (χ1v) is 5.89. The van der Waals surface area contributed by atoms with E-state index in [0.29, 0.717) is 12.6 Å². The van der Waals surface area contributed by atoms with Gasteiger partial charge in [-0.2, -0.15) is 11.8 Å². The number of carbonyl (C=O) groups is 1. The molecule has 1 fully saturated rings. The van der Waals surface area contributed by atoms with Crippen LogP contribution in [0.1, 0.15) is 19.8 Å². The fourth-order valence-electron chi connectivity index (χ4n) is 1.33. The fourth-order valence-corrected chi connectivity index (χ4v) is 2.44. The normalized spacial score (nSPS) is 21.3. The van der Waals surface area contributed by atoms with Crippen molar-refractivity contribution in [3.8, 4) is 0 Å². The number of thioether (sulfide) groups is 1. The molecule has 76 valence electrons. The number of hydrogen-bond acceptors (Lipinski definition) is 3. The molecule has 0 saturated carbocycles. The van der Waals surface area contributed by atoms with Gasteiger partial charge in [-0.1, -0.05) is 6.92 Å². The lowest BCUT2D eigenvalue weighted by Crippen LogP contribution is -2.37. The van der Waals surface area contributed by atoms with Crippen molar-refractivity contribution < 1.29 is 9.90 Å². The summed E-state index contributed by atoms with van der Waals surface area (Å²) in [5.41, 5.74) is 0. The molecule has 1 aliphatic rings. The Morgan fingerprint density at radius 1 is 1.62 bits per heavy atom. The molecular formula is C9H17NO2S. The second kappa shape index (κ2) is 5.50. The van der Waals surface area contributed by atoms with E-state index in [1.54, 1.807) is 6.92 Å². The van der Waals surface area contributed by atoms with Crippen LogP contribution in [0.5, 0.6) is 0 Å². The highest BCUT2D eigenvalue weighted by molar-refractivity contribution is 7.99. The van der Waals surface area contributed by atoms with Crippen LogP contribution in [-0.2, 0) is 4.79 Å². The number of aliphatic carboxylic acids is 1. The van der Waals surface area contributed by atoms with E-state index in [1.807, 2.05) is 11.8 Å². The molecule has 13 heavy (non-hydrogen) atoms. The molecule has 0 aromatic heterocycles. The van der Waals surface area contributed by atoms with Gasteiger partial charge in [0.15, 0.2) is 0 Å². The maximum atomic E-state index is 10.5. The van der Waals surface area contributed by atoms with E-state index in [0.717, 1.165) is 0 Å². The molecule has 2 N–H and O–H groups in total. The fraction of sp³-hybridized carbons (Fsp3) is 0.889. The molecule has 1 aliphatic heterocycles. The van der Waals surface area contributed by atoms with Gasteiger partial charge in [-0.15, -0.1) is 0 Å². The van der Waals surface area contributed by atoms with E-state index >= 15 is 0 Å². The predicted molar refractivity (Wildman–Crippen MR) is 55.1 cm³/mol. The van der Waals surface area contributed by atoms with Crippen LogP contribution in [0.4, 0.5) is 0 Å². The minimum Gasteiger partial charge on any atom is -0.481 e. The molecule has 0 bridgehead atoms. The number of carboxylic acids is 1. The Balaban J connectivity index is 2.13. The molecule has 1 unspecified atom stereocenters. The van der Waals surface area contributed by atoms with E-state index < -0.39 is 5.97 Å².